The minimum Gasteiger partial charge on any atom is -0.492 e. The number of aromatic hydroxyl groups is 1. The highest BCUT2D eigenvalue weighted by Crippen LogP contribution is 2.33. The molecule has 154 valence electrons. The topological polar surface area (TPSA) is 119 Å². The smallest absolute Gasteiger partial charge is 0.416 e. The number of aromatic nitrogens is 6. The third-order valence-corrected chi connectivity index (χ3v) is 4.51. The number of halogens is 3. The Balaban J connectivity index is 1.75. The van der Waals surface area contributed by atoms with Gasteiger partial charge in [-0.05, 0) is 24.6 Å². The molecule has 3 heterocycles. The number of carboxylic acid groups (broad SMARTS) is 1. The number of carboxylic acids is 1. The third kappa shape index (κ3) is 3.32. The summed E-state index contributed by atoms with van der Waals surface area (Å²) in [5, 5.41) is 27.4. The van der Waals surface area contributed by atoms with E-state index in [2.05, 4.69) is 20.2 Å². The van der Waals surface area contributed by atoms with Gasteiger partial charge in [0, 0.05) is 6.20 Å². The van der Waals surface area contributed by atoms with Crippen molar-refractivity contribution in [2.45, 2.75) is 19.1 Å². The fourth-order valence-electron chi connectivity index (χ4n) is 2.99. The molecule has 30 heavy (non-hydrogen) atoms. The predicted molar refractivity (Wildman–Crippen MR) is 96.3 cm³/mol. The van der Waals surface area contributed by atoms with E-state index in [-0.39, 0.29) is 22.5 Å². The van der Waals surface area contributed by atoms with Crippen LogP contribution < -0.4 is 0 Å². The van der Waals surface area contributed by atoms with Crippen LogP contribution in [0.15, 0.2) is 42.9 Å². The summed E-state index contributed by atoms with van der Waals surface area (Å²) in [7, 11) is 0. The van der Waals surface area contributed by atoms with Crippen LogP contribution in [0.2, 0.25) is 0 Å². The summed E-state index contributed by atoms with van der Waals surface area (Å²) in [4.78, 5) is 19.1. The maximum absolute atomic E-state index is 13.0. The van der Waals surface area contributed by atoms with Crippen LogP contribution in [-0.4, -0.2) is 45.7 Å². The number of fused-ring (bicyclic) bond motifs is 1. The molecule has 3 aromatic heterocycles. The van der Waals surface area contributed by atoms with Gasteiger partial charge in [0.1, 0.15) is 11.0 Å². The van der Waals surface area contributed by atoms with Crippen molar-refractivity contribution in [2.24, 2.45) is 0 Å². The molecule has 0 spiro atoms. The normalized spacial score (nSPS) is 12.9. The van der Waals surface area contributed by atoms with Gasteiger partial charge in [-0.1, -0.05) is 12.1 Å². The number of aromatic carboxylic acids is 1. The van der Waals surface area contributed by atoms with Crippen LogP contribution in [0, 0.1) is 0 Å². The highest BCUT2D eigenvalue weighted by Gasteiger charge is 2.31. The van der Waals surface area contributed by atoms with Crippen molar-refractivity contribution in [3.05, 3.63) is 59.5 Å². The van der Waals surface area contributed by atoms with Crippen LogP contribution >= 0.6 is 0 Å². The predicted octanol–water partition coefficient (Wildman–Crippen LogP) is 3.04. The van der Waals surface area contributed by atoms with Crippen LogP contribution in [-0.2, 0) is 6.18 Å². The number of nitrogens with zero attached hydrogens (tertiary/aromatic N) is 6. The fraction of sp³-hybridized carbons (Fsp3) is 0.167. The molecule has 2 N–H and O–H groups in total. The molecule has 12 heteroatoms. The van der Waals surface area contributed by atoms with Gasteiger partial charge in [0.05, 0.1) is 29.6 Å². The number of carbonyl (C=O) groups is 1. The van der Waals surface area contributed by atoms with Gasteiger partial charge in [-0.3, -0.25) is 4.68 Å². The summed E-state index contributed by atoms with van der Waals surface area (Å²) in [6, 6.07) is 4.15. The number of hydrogen-bond donors (Lipinski definition) is 2. The molecule has 4 rings (SSSR count). The van der Waals surface area contributed by atoms with E-state index < -0.39 is 29.6 Å². The SMILES string of the molecule is C[C@@H](c1cccc(C(F)(F)F)c1)n1ncc2nc(-n3cc(C(=O)O)cn3)nc(O)c21. The van der Waals surface area contributed by atoms with E-state index in [1.165, 1.54) is 29.2 Å². The van der Waals surface area contributed by atoms with Gasteiger partial charge < -0.3 is 10.2 Å². The fourth-order valence-corrected chi connectivity index (χ4v) is 2.99. The van der Waals surface area contributed by atoms with Crippen molar-refractivity contribution in [3.63, 3.8) is 0 Å². The number of rotatable bonds is 4. The second-order valence-corrected chi connectivity index (χ2v) is 6.45. The van der Waals surface area contributed by atoms with Crippen molar-refractivity contribution < 1.29 is 28.2 Å². The lowest BCUT2D eigenvalue weighted by molar-refractivity contribution is -0.137. The summed E-state index contributed by atoms with van der Waals surface area (Å²) >= 11 is 0. The molecule has 0 aliphatic carbocycles. The first-order chi connectivity index (χ1) is 14.1. The largest absolute Gasteiger partial charge is 0.492 e. The summed E-state index contributed by atoms with van der Waals surface area (Å²) in [5.74, 6) is -1.74. The highest BCUT2D eigenvalue weighted by atomic mass is 19.4. The van der Waals surface area contributed by atoms with Crippen molar-refractivity contribution in [2.75, 3.05) is 0 Å². The molecule has 0 saturated carbocycles. The zero-order valence-electron chi connectivity index (χ0n) is 15.2. The van der Waals surface area contributed by atoms with E-state index in [0.717, 1.165) is 23.0 Å². The second kappa shape index (κ2) is 6.83. The maximum atomic E-state index is 13.0. The highest BCUT2D eigenvalue weighted by molar-refractivity contribution is 5.87. The Morgan fingerprint density at radius 1 is 1.17 bits per heavy atom. The van der Waals surface area contributed by atoms with E-state index in [0.29, 0.717) is 5.56 Å². The van der Waals surface area contributed by atoms with Crippen molar-refractivity contribution in [1.29, 1.82) is 0 Å². The van der Waals surface area contributed by atoms with Gasteiger partial charge in [-0.15, -0.1) is 0 Å². The van der Waals surface area contributed by atoms with Crippen molar-refractivity contribution in [3.8, 4) is 11.8 Å². The molecule has 0 saturated heterocycles. The van der Waals surface area contributed by atoms with E-state index in [9.17, 15) is 23.1 Å². The molecule has 0 bridgehead atoms. The molecular weight excluding hydrogens is 405 g/mol. The van der Waals surface area contributed by atoms with Crippen molar-refractivity contribution >= 4 is 17.0 Å². The summed E-state index contributed by atoms with van der Waals surface area (Å²) in [6.07, 6.45) is -0.878. The lowest BCUT2D eigenvalue weighted by Gasteiger charge is -2.16. The molecule has 1 atom stereocenters. The second-order valence-electron chi connectivity index (χ2n) is 6.45. The van der Waals surface area contributed by atoms with Crippen LogP contribution in [0.3, 0.4) is 0 Å². The quantitative estimate of drug-likeness (QED) is 0.523. The van der Waals surface area contributed by atoms with E-state index in [4.69, 9.17) is 5.11 Å². The zero-order valence-corrected chi connectivity index (χ0v) is 15.2. The van der Waals surface area contributed by atoms with E-state index >= 15 is 0 Å². The van der Waals surface area contributed by atoms with Crippen LogP contribution in [0.5, 0.6) is 5.88 Å². The van der Waals surface area contributed by atoms with E-state index in [1.807, 2.05) is 0 Å². The Labute approximate surface area is 166 Å². The summed E-state index contributed by atoms with van der Waals surface area (Å²) in [5.41, 5.74) is -0.222. The first-order valence-corrected chi connectivity index (χ1v) is 8.55. The third-order valence-electron chi connectivity index (χ3n) is 4.51. The molecule has 0 aliphatic heterocycles. The number of benzene rings is 1. The van der Waals surface area contributed by atoms with Gasteiger partial charge in [-0.25, -0.2) is 14.5 Å². The van der Waals surface area contributed by atoms with Gasteiger partial charge in [0.25, 0.3) is 5.95 Å². The first kappa shape index (κ1) is 19.4. The molecule has 9 nitrogen and oxygen atoms in total. The molecule has 0 amide bonds. The van der Waals surface area contributed by atoms with Gasteiger partial charge in [-0.2, -0.15) is 28.4 Å². The molecule has 0 unspecified atom stereocenters. The Hall–Kier alpha value is -3.96. The zero-order chi connectivity index (χ0) is 21.6. The van der Waals surface area contributed by atoms with Crippen molar-refractivity contribution in [1.82, 2.24) is 29.5 Å². The van der Waals surface area contributed by atoms with Gasteiger partial charge >= 0.3 is 12.1 Å². The molecule has 0 aliphatic rings. The Kier molecular flexibility index (Phi) is 4.41. The minimum atomic E-state index is -4.49. The molecule has 1 aromatic carbocycles. The Morgan fingerprint density at radius 3 is 2.60 bits per heavy atom. The molecule has 0 radical (unpaired) electrons. The van der Waals surface area contributed by atoms with E-state index in [1.54, 1.807) is 6.92 Å². The molecular formula is C18H13F3N6O3. The first-order valence-electron chi connectivity index (χ1n) is 8.55. The summed E-state index contributed by atoms with van der Waals surface area (Å²) < 4.78 is 41.5. The van der Waals surface area contributed by atoms with Crippen LogP contribution in [0.1, 0.15) is 34.5 Å². The lowest BCUT2D eigenvalue weighted by Crippen LogP contribution is -2.11. The monoisotopic (exact) mass is 418 g/mol. The average molecular weight is 418 g/mol. The summed E-state index contributed by atoms with van der Waals surface area (Å²) in [6.45, 7) is 1.63. The number of alkyl halides is 3. The standard InChI is InChI=1S/C18H13F3N6O3/c1-9(10-3-2-4-12(5-10)18(19,20)21)27-14-13(7-23-27)24-17(25-15(14)28)26-8-11(6-22-26)16(29)30/h2-9H,1H3,(H,29,30)(H,24,25,28)/t9-/m0/s1. The van der Waals surface area contributed by atoms with Gasteiger partial charge in [0.15, 0.2) is 0 Å². The Morgan fingerprint density at radius 2 is 1.93 bits per heavy atom. The lowest BCUT2D eigenvalue weighted by atomic mass is 10.0. The Bertz CT molecular complexity index is 1260. The molecule has 4 aromatic rings. The van der Waals surface area contributed by atoms with Crippen LogP contribution in [0.25, 0.3) is 17.0 Å². The molecule has 0 fully saturated rings. The maximum Gasteiger partial charge on any atom is 0.416 e. The number of hydrogen-bond acceptors (Lipinski definition) is 6. The minimum absolute atomic E-state index is 0.0845. The van der Waals surface area contributed by atoms with Gasteiger partial charge in [0.2, 0.25) is 5.88 Å². The van der Waals surface area contributed by atoms with Crippen LogP contribution in [0.4, 0.5) is 13.2 Å². The average Bonchev–Trinajstić information content (AvgIpc) is 3.34.